The number of pyridine rings is 1. The maximum absolute atomic E-state index is 12.3. The largest absolute Gasteiger partial charge is 0.504 e. The van der Waals surface area contributed by atoms with Crippen LogP contribution in [0.15, 0.2) is 41.6 Å². The summed E-state index contributed by atoms with van der Waals surface area (Å²) >= 11 is 0. The molecule has 1 aromatic carbocycles. The molecule has 0 spiro atoms. The molecule has 2 N–H and O–H groups in total. The quantitative estimate of drug-likeness (QED) is 0.862. The lowest BCUT2D eigenvalue weighted by atomic mass is 10.2. The van der Waals surface area contributed by atoms with Crippen LogP contribution in [0.2, 0.25) is 0 Å². The first-order valence-corrected chi connectivity index (χ1v) is 8.94. The maximum Gasteiger partial charge on any atom is 0.200 e. The molecule has 2 aromatic rings. The Morgan fingerprint density at radius 3 is 2.46 bits per heavy atom. The van der Waals surface area contributed by atoms with E-state index in [2.05, 4.69) is 10.3 Å². The van der Waals surface area contributed by atoms with Gasteiger partial charge in [0.25, 0.3) is 0 Å². The van der Waals surface area contributed by atoms with E-state index in [1.165, 1.54) is 19.4 Å². The van der Waals surface area contributed by atoms with E-state index in [0.29, 0.717) is 23.5 Å². The smallest absolute Gasteiger partial charge is 0.200 e. The molecule has 0 aliphatic rings. The Morgan fingerprint density at radius 2 is 1.92 bits per heavy atom. The molecule has 2 rings (SSSR count). The number of aromatic hydroxyl groups is 1. The number of hydrogen-bond donors (Lipinski definition) is 2. The zero-order chi connectivity index (χ0) is 18.0. The molecule has 6 nitrogen and oxygen atoms in total. The van der Waals surface area contributed by atoms with Crippen molar-refractivity contribution in [2.75, 3.05) is 12.4 Å². The van der Waals surface area contributed by atoms with Crippen molar-refractivity contribution in [3.05, 3.63) is 42.1 Å². The van der Waals surface area contributed by atoms with Gasteiger partial charge in [0.15, 0.2) is 26.4 Å². The summed E-state index contributed by atoms with van der Waals surface area (Å²) in [5.41, 5.74) is 1.32. The van der Waals surface area contributed by atoms with Gasteiger partial charge < -0.3 is 15.2 Å². The van der Waals surface area contributed by atoms with Crippen LogP contribution in [0.5, 0.6) is 11.5 Å². The highest BCUT2D eigenvalue weighted by Crippen LogP contribution is 2.30. The number of methoxy groups -OCH3 is 1. The zero-order valence-corrected chi connectivity index (χ0v) is 15.0. The third-order valence-electron chi connectivity index (χ3n) is 3.60. The summed E-state index contributed by atoms with van der Waals surface area (Å²) in [4.78, 5) is 4.05. The van der Waals surface area contributed by atoms with Crippen molar-refractivity contribution in [3.63, 3.8) is 0 Å². The van der Waals surface area contributed by atoms with Gasteiger partial charge >= 0.3 is 0 Å². The predicted molar refractivity (Wildman–Crippen MR) is 93.2 cm³/mol. The topological polar surface area (TPSA) is 88.5 Å². The van der Waals surface area contributed by atoms with Crippen molar-refractivity contribution >= 4 is 15.5 Å². The van der Waals surface area contributed by atoms with Crippen molar-refractivity contribution in [2.24, 2.45) is 0 Å². The second-order valence-electron chi connectivity index (χ2n) is 6.32. The third-order valence-corrected chi connectivity index (χ3v) is 6.01. The molecule has 0 atom stereocenters. The lowest BCUT2D eigenvalue weighted by molar-refractivity contribution is 0.371. The Labute approximate surface area is 142 Å². The van der Waals surface area contributed by atoms with Crippen LogP contribution in [0.3, 0.4) is 0 Å². The molecular formula is C17H22N2O4S. The summed E-state index contributed by atoms with van der Waals surface area (Å²) < 4.78 is 28.8. The van der Waals surface area contributed by atoms with Crippen LogP contribution in [0.1, 0.15) is 26.3 Å². The van der Waals surface area contributed by atoms with E-state index in [4.69, 9.17) is 4.74 Å². The van der Waals surface area contributed by atoms with E-state index in [-0.39, 0.29) is 10.8 Å². The fraction of sp³-hybridized carbons (Fsp3) is 0.353. The Bertz CT molecular complexity index is 809. The Balaban J connectivity index is 2.14. The number of hydrogen-bond acceptors (Lipinski definition) is 6. The highest BCUT2D eigenvalue weighted by atomic mass is 32.2. The van der Waals surface area contributed by atoms with Gasteiger partial charge in [-0.1, -0.05) is 12.1 Å². The second kappa shape index (κ2) is 6.68. The summed E-state index contributed by atoms with van der Waals surface area (Å²) in [7, 11) is -1.98. The van der Waals surface area contributed by atoms with Crippen LogP contribution in [-0.4, -0.2) is 30.4 Å². The molecule has 0 aliphatic carbocycles. The molecular weight excluding hydrogens is 328 g/mol. The Kier molecular flexibility index (Phi) is 5.03. The van der Waals surface area contributed by atoms with E-state index in [1.807, 2.05) is 0 Å². The van der Waals surface area contributed by atoms with Crippen molar-refractivity contribution in [3.8, 4) is 11.5 Å². The van der Waals surface area contributed by atoms with Crippen LogP contribution < -0.4 is 10.1 Å². The zero-order valence-electron chi connectivity index (χ0n) is 14.2. The molecule has 0 bridgehead atoms. The van der Waals surface area contributed by atoms with Crippen molar-refractivity contribution in [1.29, 1.82) is 0 Å². The van der Waals surface area contributed by atoms with Crippen molar-refractivity contribution in [1.82, 2.24) is 4.98 Å². The Morgan fingerprint density at radius 1 is 1.21 bits per heavy atom. The number of nitrogens with one attached hydrogen (secondary N) is 1. The minimum atomic E-state index is -3.47. The standard InChI is InChI=1S/C17H22N2O4S/c1-17(2,3)24(21,22)15-9-8-13(11-19-15)18-10-12-6-5-7-14(23-4)16(12)20/h5-9,11,18,20H,10H2,1-4H3. The molecule has 0 aliphatic heterocycles. The van der Waals surface area contributed by atoms with Gasteiger partial charge in [-0.05, 0) is 39.0 Å². The van der Waals surface area contributed by atoms with Gasteiger partial charge in [0.1, 0.15) is 0 Å². The number of rotatable bonds is 5. The predicted octanol–water partition coefficient (Wildman–Crippen LogP) is 2.98. The minimum absolute atomic E-state index is 0.0461. The number of sulfone groups is 1. The summed E-state index contributed by atoms with van der Waals surface area (Å²) in [6.45, 7) is 5.28. The maximum atomic E-state index is 12.3. The molecule has 1 aromatic heterocycles. The van der Waals surface area contributed by atoms with Crippen LogP contribution >= 0.6 is 0 Å². The fourth-order valence-corrected chi connectivity index (χ4v) is 3.10. The average Bonchev–Trinajstić information content (AvgIpc) is 2.53. The average molecular weight is 350 g/mol. The van der Waals surface area contributed by atoms with Gasteiger partial charge in [0.05, 0.1) is 23.7 Å². The number of anilines is 1. The second-order valence-corrected chi connectivity index (χ2v) is 8.97. The van der Waals surface area contributed by atoms with E-state index >= 15 is 0 Å². The van der Waals surface area contributed by atoms with Crippen LogP contribution in [0.4, 0.5) is 5.69 Å². The number of para-hydroxylation sites is 1. The summed E-state index contributed by atoms with van der Waals surface area (Å²) in [6.07, 6.45) is 1.47. The highest BCUT2D eigenvalue weighted by Gasteiger charge is 2.31. The van der Waals surface area contributed by atoms with Gasteiger partial charge in [-0.25, -0.2) is 13.4 Å². The highest BCUT2D eigenvalue weighted by molar-refractivity contribution is 7.92. The molecule has 24 heavy (non-hydrogen) atoms. The molecule has 0 radical (unpaired) electrons. The van der Waals surface area contributed by atoms with E-state index in [0.717, 1.165) is 0 Å². The molecule has 0 saturated carbocycles. The van der Waals surface area contributed by atoms with Gasteiger partial charge in [-0.3, -0.25) is 0 Å². The number of ether oxygens (including phenoxy) is 1. The minimum Gasteiger partial charge on any atom is -0.504 e. The molecule has 7 heteroatoms. The van der Waals surface area contributed by atoms with Crippen molar-refractivity contribution < 1.29 is 18.3 Å². The fourth-order valence-electron chi connectivity index (χ4n) is 2.03. The van der Waals surface area contributed by atoms with E-state index < -0.39 is 14.6 Å². The van der Waals surface area contributed by atoms with E-state index in [9.17, 15) is 13.5 Å². The summed E-state index contributed by atoms with van der Waals surface area (Å²) in [5, 5.41) is 13.2. The first kappa shape index (κ1) is 18.1. The van der Waals surface area contributed by atoms with Crippen LogP contribution in [0, 0.1) is 0 Å². The van der Waals surface area contributed by atoms with Crippen molar-refractivity contribution in [2.45, 2.75) is 37.1 Å². The van der Waals surface area contributed by atoms with Gasteiger partial charge in [-0.2, -0.15) is 0 Å². The van der Waals surface area contributed by atoms with Gasteiger partial charge in [-0.15, -0.1) is 0 Å². The van der Waals surface area contributed by atoms with Gasteiger partial charge in [0, 0.05) is 12.1 Å². The third kappa shape index (κ3) is 3.62. The number of phenols is 1. The Hall–Kier alpha value is -2.28. The number of phenolic OH excluding ortho intramolecular Hbond substituents is 1. The molecule has 0 fully saturated rings. The summed E-state index contributed by atoms with van der Waals surface area (Å²) in [6, 6.07) is 8.37. The normalized spacial score (nSPS) is 12.0. The molecule has 0 saturated heterocycles. The lowest BCUT2D eigenvalue weighted by Gasteiger charge is -2.18. The number of benzene rings is 1. The number of nitrogens with zero attached hydrogens (tertiary/aromatic N) is 1. The molecule has 130 valence electrons. The van der Waals surface area contributed by atoms with Crippen LogP contribution in [-0.2, 0) is 16.4 Å². The first-order valence-electron chi connectivity index (χ1n) is 7.46. The SMILES string of the molecule is COc1cccc(CNc2ccc(S(=O)(=O)C(C)(C)C)nc2)c1O. The summed E-state index contributed by atoms with van der Waals surface area (Å²) in [5.74, 6) is 0.478. The molecule has 1 heterocycles. The van der Waals surface area contributed by atoms with Gasteiger partial charge in [0.2, 0.25) is 0 Å². The monoisotopic (exact) mass is 350 g/mol. The van der Waals surface area contributed by atoms with Crippen LogP contribution in [0.25, 0.3) is 0 Å². The molecule has 0 amide bonds. The first-order chi connectivity index (χ1) is 11.2. The lowest BCUT2D eigenvalue weighted by Crippen LogP contribution is -2.28. The molecule has 0 unspecified atom stereocenters. The van der Waals surface area contributed by atoms with E-state index in [1.54, 1.807) is 45.0 Å². The number of aromatic nitrogens is 1.